The van der Waals surface area contributed by atoms with E-state index in [0.717, 1.165) is 19.3 Å². The smallest absolute Gasteiger partial charge is 0.276 e. The molecule has 0 spiro atoms. The Bertz CT molecular complexity index is 327. The Hall–Kier alpha value is -0.620. The average molecular weight is 279 g/mol. The third-order valence-corrected chi connectivity index (χ3v) is 4.18. The number of carbonyl (C=O) groups is 1. The lowest BCUT2D eigenvalue weighted by Gasteiger charge is -2.09. The minimum absolute atomic E-state index is 0.114. The van der Waals surface area contributed by atoms with E-state index in [1.54, 1.807) is 0 Å². The van der Waals surface area contributed by atoms with Crippen LogP contribution in [0.5, 0.6) is 0 Å². The number of rotatable bonds is 11. The summed E-state index contributed by atoms with van der Waals surface area (Å²) in [6, 6.07) is 0. The number of nitrogens with two attached hydrogens (primary N) is 1. The molecule has 3 N–H and O–H groups in total. The van der Waals surface area contributed by atoms with Crippen LogP contribution in [0.4, 0.5) is 0 Å². The van der Waals surface area contributed by atoms with Gasteiger partial charge in [0.1, 0.15) is 0 Å². The molecule has 0 aliphatic heterocycles. The second kappa shape index (κ2) is 9.33. The number of hydrogen-bond acceptors (Lipinski definition) is 3. The van der Waals surface area contributed by atoms with E-state index < -0.39 is 21.3 Å². The quantitative estimate of drug-likeness (QED) is 0.447. The molecule has 0 aliphatic rings. The zero-order valence-corrected chi connectivity index (χ0v) is 11.9. The first-order valence-corrected chi connectivity index (χ1v) is 8.15. The Morgan fingerprint density at radius 1 is 1.06 bits per heavy atom. The first-order valence-electron chi connectivity index (χ1n) is 6.65. The Morgan fingerprint density at radius 2 is 1.50 bits per heavy atom. The van der Waals surface area contributed by atoms with Crippen molar-refractivity contribution in [2.45, 2.75) is 70.0 Å². The highest BCUT2D eigenvalue weighted by Gasteiger charge is 2.27. The summed E-state index contributed by atoms with van der Waals surface area (Å²) in [6.45, 7) is 2.17. The maximum Gasteiger partial charge on any atom is 0.276 e. The van der Waals surface area contributed by atoms with Gasteiger partial charge in [0, 0.05) is 0 Å². The van der Waals surface area contributed by atoms with Crippen molar-refractivity contribution in [1.82, 2.24) is 0 Å². The second-order valence-corrected chi connectivity index (χ2v) is 6.27. The lowest BCUT2D eigenvalue weighted by atomic mass is 10.1. The van der Waals surface area contributed by atoms with Crippen molar-refractivity contribution >= 4 is 16.0 Å². The first-order chi connectivity index (χ1) is 8.39. The van der Waals surface area contributed by atoms with Gasteiger partial charge in [0.2, 0.25) is 5.91 Å². The molecule has 18 heavy (non-hydrogen) atoms. The monoisotopic (exact) mass is 279 g/mol. The van der Waals surface area contributed by atoms with Crippen LogP contribution in [0.1, 0.15) is 64.7 Å². The fourth-order valence-corrected chi connectivity index (χ4v) is 2.66. The molecule has 1 atom stereocenters. The van der Waals surface area contributed by atoms with Crippen molar-refractivity contribution < 1.29 is 17.8 Å². The minimum Gasteiger partial charge on any atom is -0.368 e. The van der Waals surface area contributed by atoms with Gasteiger partial charge in [-0.2, -0.15) is 8.42 Å². The Kier molecular flexibility index (Phi) is 9.01. The Morgan fingerprint density at radius 3 is 1.89 bits per heavy atom. The maximum atomic E-state index is 10.9. The summed E-state index contributed by atoms with van der Waals surface area (Å²) in [5, 5.41) is -1.45. The topological polar surface area (TPSA) is 97.5 Å². The van der Waals surface area contributed by atoms with E-state index >= 15 is 0 Å². The van der Waals surface area contributed by atoms with Crippen LogP contribution in [0.15, 0.2) is 0 Å². The first kappa shape index (κ1) is 17.4. The molecule has 1 amide bonds. The van der Waals surface area contributed by atoms with Gasteiger partial charge in [0.25, 0.3) is 10.1 Å². The predicted octanol–water partition coefficient (Wildman–Crippen LogP) is 2.26. The molecular formula is C12H25NO4S. The molecule has 0 heterocycles. The second-order valence-electron chi connectivity index (χ2n) is 4.67. The molecule has 0 aromatic rings. The van der Waals surface area contributed by atoms with E-state index in [-0.39, 0.29) is 6.42 Å². The summed E-state index contributed by atoms with van der Waals surface area (Å²) in [6.07, 6.45) is 8.65. The standard InChI is InChI=1S/C12H25NO4S/c1-2-3-4-5-6-7-8-9-10-11(12(13)14)18(15,16)17/h11H,2-10H2,1H3,(H2,13,14)(H,15,16,17). The van der Waals surface area contributed by atoms with Crippen LogP contribution in [-0.4, -0.2) is 24.1 Å². The van der Waals surface area contributed by atoms with Gasteiger partial charge in [-0.1, -0.05) is 58.3 Å². The van der Waals surface area contributed by atoms with E-state index in [0.29, 0.717) is 6.42 Å². The van der Waals surface area contributed by atoms with Gasteiger partial charge in [-0.05, 0) is 6.42 Å². The van der Waals surface area contributed by atoms with Crippen molar-refractivity contribution in [3.8, 4) is 0 Å². The van der Waals surface area contributed by atoms with Gasteiger partial charge in [-0.15, -0.1) is 0 Å². The highest BCUT2D eigenvalue weighted by Crippen LogP contribution is 2.13. The van der Waals surface area contributed by atoms with Crippen LogP contribution in [-0.2, 0) is 14.9 Å². The summed E-state index contributed by atoms with van der Waals surface area (Å²) in [4.78, 5) is 10.9. The highest BCUT2D eigenvalue weighted by atomic mass is 32.2. The van der Waals surface area contributed by atoms with E-state index in [2.05, 4.69) is 6.92 Å². The molecule has 6 heteroatoms. The molecule has 0 radical (unpaired) electrons. The summed E-state index contributed by atoms with van der Waals surface area (Å²) < 4.78 is 30.6. The minimum atomic E-state index is -4.34. The highest BCUT2D eigenvalue weighted by molar-refractivity contribution is 7.87. The molecule has 0 fully saturated rings. The summed E-state index contributed by atoms with van der Waals surface area (Å²) in [7, 11) is -4.34. The Labute approximate surface area is 110 Å². The summed E-state index contributed by atoms with van der Waals surface area (Å²) in [5.74, 6) is -0.972. The van der Waals surface area contributed by atoms with Gasteiger partial charge in [-0.3, -0.25) is 9.35 Å². The van der Waals surface area contributed by atoms with Crippen molar-refractivity contribution in [2.24, 2.45) is 5.73 Å². The SMILES string of the molecule is CCCCCCCCCCC(C(N)=O)S(=O)(=O)O. The van der Waals surface area contributed by atoms with Crippen LogP contribution in [0.25, 0.3) is 0 Å². The molecule has 0 rings (SSSR count). The predicted molar refractivity (Wildman–Crippen MR) is 71.8 cm³/mol. The van der Waals surface area contributed by atoms with Gasteiger partial charge in [0.05, 0.1) is 0 Å². The van der Waals surface area contributed by atoms with Crippen LogP contribution in [0.2, 0.25) is 0 Å². The molecule has 0 aromatic carbocycles. The average Bonchev–Trinajstić information content (AvgIpc) is 2.24. The Balaban J connectivity index is 3.67. The van der Waals surface area contributed by atoms with Crippen LogP contribution < -0.4 is 5.73 Å². The van der Waals surface area contributed by atoms with E-state index in [4.69, 9.17) is 10.3 Å². The molecule has 0 saturated heterocycles. The molecule has 0 aromatic heterocycles. The van der Waals surface area contributed by atoms with Crippen LogP contribution in [0, 0.1) is 0 Å². The lowest BCUT2D eigenvalue weighted by Crippen LogP contribution is -2.35. The number of primary amides is 1. The third kappa shape index (κ3) is 8.47. The van der Waals surface area contributed by atoms with Crippen molar-refractivity contribution in [2.75, 3.05) is 0 Å². The molecule has 108 valence electrons. The summed E-state index contributed by atoms with van der Waals surface area (Å²) in [5.41, 5.74) is 4.94. The van der Waals surface area contributed by atoms with E-state index in [1.165, 1.54) is 25.7 Å². The fraction of sp³-hybridized carbons (Fsp3) is 0.917. The molecule has 0 saturated carbocycles. The van der Waals surface area contributed by atoms with E-state index in [9.17, 15) is 13.2 Å². The zero-order valence-electron chi connectivity index (χ0n) is 11.1. The fourth-order valence-electron chi connectivity index (χ4n) is 1.90. The van der Waals surface area contributed by atoms with Crippen molar-refractivity contribution in [1.29, 1.82) is 0 Å². The number of hydrogen-bond donors (Lipinski definition) is 2. The number of carbonyl (C=O) groups excluding carboxylic acids is 1. The molecular weight excluding hydrogens is 254 g/mol. The molecule has 5 nitrogen and oxygen atoms in total. The normalized spacial score (nSPS) is 13.4. The van der Waals surface area contributed by atoms with Crippen LogP contribution >= 0.6 is 0 Å². The van der Waals surface area contributed by atoms with E-state index in [1.807, 2.05) is 0 Å². The van der Waals surface area contributed by atoms with Gasteiger partial charge >= 0.3 is 0 Å². The van der Waals surface area contributed by atoms with Gasteiger partial charge in [0.15, 0.2) is 5.25 Å². The molecule has 0 bridgehead atoms. The van der Waals surface area contributed by atoms with Gasteiger partial charge < -0.3 is 5.73 Å². The third-order valence-electron chi connectivity index (χ3n) is 3.00. The van der Waals surface area contributed by atoms with Crippen LogP contribution in [0.3, 0.4) is 0 Å². The van der Waals surface area contributed by atoms with Crippen molar-refractivity contribution in [3.63, 3.8) is 0 Å². The van der Waals surface area contributed by atoms with Gasteiger partial charge in [-0.25, -0.2) is 0 Å². The maximum absolute atomic E-state index is 10.9. The largest absolute Gasteiger partial charge is 0.368 e. The summed E-state index contributed by atoms with van der Waals surface area (Å²) >= 11 is 0. The number of unbranched alkanes of at least 4 members (excludes halogenated alkanes) is 7. The molecule has 0 aliphatic carbocycles. The lowest BCUT2D eigenvalue weighted by molar-refractivity contribution is -0.117. The molecule has 1 unspecified atom stereocenters. The van der Waals surface area contributed by atoms with Crippen molar-refractivity contribution in [3.05, 3.63) is 0 Å². The number of amides is 1. The zero-order chi connectivity index (χ0) is 14.0.